The van der Waals surface area contributed by atoms with Crippen LogP contribution in [0.25, 0.3) is 22.0 Å². The molecule has 0 radical (unpaired) electrons. The smallest absolute Gasteiger partial charge is 0.324 e. The van der Waals surface area contributed by atoms with Gasteiger partial charge in [0, 0.05) is 18.6 Å². The van der Waals surface area contributed by atoms with E-state index in [9.17, 15) is 9.59 Å². The minimum Gasteiger partial charge on any atom is -0.324 e. The number of hydrogen-bond donors (Lipinski definition) is 5. The van der Waals surface area contributed by atoms with E-state index in [-0.39, 0.29) is 19.0 Å². The van der Waals surface area contributed by atoms with Crippen molar-refractivity contribution < 1.29 is 0 Å². The fraction of sp³-hybridized carbons (Fsp3) is 0.154. The zero-order valence-electron chi connectivity index (χ0n) is 20.9. The molecule has 0 atom stereocenters. The van der Waals surface area contributed by atoms with Gasteiger partial charge in [-0.15, -0.1) is 0 Å². The van der Waals surface area contributed by atoms with Crippen molar-refractivity contribution in [2.45, 2.75) is 19.3 Å². The lowest BCUT2D eigenvalue weighted by Gasteiger charge is -2.17. The molecule has 1 aliphatic heterocycles. The van der Waals surface area contributed by atoms with Crippen LogP contribution >= 0.6 is 11.6 Å². The van der Waals surface area contributed by atoms with Crippen LogP contribution in [0.3, 0.4) is 0 Å². The quantitative estimate of drug-likeness (QED) is 0.208. The molecule has 0 saturated carbocycles. The van der Waals surface area contributed by atoms with Gasteiger partial charge in [0.25, 0.3) is 0 Å². The van der Waals surface area contributed by atoms with Gasteiger partial charge in [-0.1, -0.05) is 66.2 Å². The monoisotopic (exact) mass is 544 g/mol. The molecule has 0 spiro atoms. The molecule has 13 heteroatoms. The molecule has 5 aromatic rings. The number of nitrogens with one attached hydrogen (secondary N) is 5. The van der Waals surface area contributed by atoms with Crippen LogP contribution in [0.1, 0.15) is 5.56 Å². The normalized spacial score (nSPS) is 13.8. The first-order chi connectivity index (χ1) is 18.9. The van der Waals surface area contributed by atoms with E-state index in [2.05, 4.69) is 37.3 Å². The number of halogens is 1. The van der Waals surface area contributed by atoms with E-state index in [1.54, 1.807) is 10.7 Å². The van der Waals surface area contributed by atoms with Crippen molar-refractivity contribution in [2.75, 3.05) is 5.32 Å². The van der Waals surface area contributed by atoms with E-state index in [1.165, 1.54) is 4.57 Å². The van der Waals surface area contributed by atoms with E-state index in [0.29, 0.717) is 10.7 Å². The summed E-state index contributed by atoms with van der Waals surface area (Å²) in [6.07, 6.45) is 1.45. The fourth-order valence-electron chi connectivity index (χ4n) is 4.48. The summed E-state index contributed by atoms with van der Waals surface area (Å²) in [6.45, 7) is 0.221. The lowest BCUT2D eigenvalue weighted by atomic mass is 10.0. The van der Waals surface area contributed by atoms with Crippen molar-refractivity contribution in [2.24, 2.45) is 7.05 Å². The van der Waals surface area contributed by atoms with Crippen molar-refractivity contribution in [3.8, 4) is 11.1 Å². The van der Waals surface area contributed by atoms with Crippen molar-refractivity contribution in [3.05, 3.63) is 104 Å². The number of benzene rings is 3. The molecule has 3 heterocycles. The summed E-state index contributed by atoms with van der Waals surface area (Å²) in [6, 6.07) is 21.5. The SMILES string of the molecule is Cn1cc2cc(Nc3nc(=O)n(CC4NNNN4)c(=O)n3Cc3ccc(-c4ccccc4)cc3)c(Cl)cc2n1. The zero-order chi connectivity index (χ0) is 26.9. The number of nitrogens with zero attached hydrogens (tertiary/aromatic N) is 5. The molecule has 0 unspecified atom stereocenters. The second kappa shape index (κ2) is 10.4. The number of hydrogen-bond acceptors (Lipinski definition) is 9. The molecule has 39 heavy (non-hydrogen) atoms. The molecule has 5 N–H and O–H groups in total. The van der Waals surface area contributed by atoms with Crippen LogP contribution in [0, 0.1) is 0 Å². The van der Waals surface area contributed by atoms with E-state index >= 15 is 0 Å². The van der Waals surface area contributed by atoms with Gasteiger partial charge in [0.2, 0.25) is 5.95 Å². The average Bonchev–Trinajstić information content (AvgIpc) is 3.58. The van der Waals surface area contributed by atoms with E-state index < -0.39 is 17.5 Å². The molecule has 0 bridgehead atoms. The van der Waals surface area contributed by atoms with Gasteiger partial charge in [0.1, 0.15) is 6.17 Å². The molecule has 1 aliphatic rings. The first kappa shape index (κ1) is 25.0. The van der Waals surface area contributed by atoms with E-state index in [1.807, 2.05) is 73.9 Å². The van der Waals surface area contributed by atoms with Gasteiger partial charge < -0.3 is 5.32 Å². The number of aromatic nitrogens is 5. The lowest BCUT2D eigenvalue weighted by Crippen LogP contribution is -2.49. The highest BCUT2D eigenvalue weighted by atomic mass is 35.5. The molecule has 0 amide bonds. The fourth-order valence-corrected chi connectivity index (χ4v) is 4.69. The maximum Gasteiger partial charge on any atom is 0.355 e. The minimum absolute atomic E-state index is 0.0420. The number of anilines is 2. The summed E-state index contributed by atoms with van der Waals surface area (Å²) in [5, 5.41) is 8.72. The largest absolute Gasteiger partial charge is 0.355 e. The van der Waals surface area contributed by atoms with Crippen LogP contribution in [0.2, 0.25) is 5.02 Å². The predicted molar refractivity (Wildman–Crippen MR) is 149 cm³/mol. The maximum absolute atomic E-state index is 13.7. The van der Waals surface area contributed by atoms with Gasteiger partial charge in [-0.25, -0.2) is 25.0 Å². The van der Waals surface area contributed by atoms with Crippen LogP contribution < -0.4 is 38.6 Å². The van der Waals surface area contributed by atoms with Gasteiger partial charge >= 0.3 is 11.4 Å². The average molecular weight is 545 g/mol. The van der Waals surface area contributed by atoms with Gasteiger partial charge in [0.05, 0.1) is 29.3 Å². The Morgan fingerprint density at radius 1 is 0.949 bits per heavy atom. The molecule has 198 valence electrons. The zero-order valence-corrected chi connectivity index (χ0v) is 21.6. The van der Waals surface area contributed by atoms with Crippen molar-refractivity contribution >= 4 is 34.1 Å². The van der Waals surface area contributed by atoms with Gasteiger partial charge in [0.15, 0.2) is 0 Å². The summed E-state index contributed by atoms with van der Waals surface area (Å²) < 4.78 is 4.20. The summed E-state index contributed by atoms with van der Waals surface area (Å²) in [7, 11) is 1.82. The lowest BCUT2D eigenvalue weighted by molar-refractivity contribution is 0.418. The van der Waals surface area contributed by atoms with Crippen LogP contribution in [0.15, 0.2) is 82.5 Å². The van der Waals surface area contributed by atoms with Gasteiger partial charge in [-0.3, -0.25) is 9.25 Å². The van der Waals surface area contributed by atoms with Crippen LogP contribution in [0.5, 0.6) is 0 Å². The highest BCUT2D eigenvalue weighted by Crippen LogP contribution is 2.29. The molecular weight excluding hydrogens is 520 g/mol. The third-order valence-electron chi connectivity index (χ3n) is 6.43. The number of fused-ring (bicyclic) bond motifs is 1. The summed E-state index contributed by atoms with van der Waals surface area (Å²) >= 11 is 6.53. The first-order valence-electron chi connectivity index (χ1n) is 12.2. The summed E-state index contributed by atoms with van der Waals surface area (Å²) in [4.78, 5) is 30.9. The first-order valence-corrected chi connectivity index (χ1v) is 12.6. The number of hydrazine groups is 3. The Labute approximate surface area is 227 Å². The van der Waals surface area contributed by atoms with E-state index in [4.69, 9.17) is 11.6 Å². The molecule has 1 fully saturated rings. The highest BCUT2D eigenvalue weighted by Gasteiger charge is 2.20. The Bertz CT molecular complexity index is 1760. The van der Waals surface area contributed by atoms with Crippen LogP contribution in [0.4, 0.5) is 11.6 Å². The second-order valence-corrected chi connectivity index (χ2v) is 9.58. The third kappa shape index (κ3) is 5.19. The maximum atomic E-state index is 13.7. The molecule has 0 aliphatic carbocycles. The Balaban J connectivity index is 1.39. The van der Waals surface area contributed by atoms with Crippen LogP contribution in [-0.4, -0.2) is 30.1 Å². The predicted octanol–water partition coefficient (Wildman–Crippen LogP) is 1.85. The highest BCUT2D eigenvalue weighted by molar-refractivity contribution is 6.34. The Kier molecular flexibility index (Phi) is 6.69. The standard InChI is InChI=1S/C26H25ClN10O2/c1-35-14-19-11-22(20(27)12-21(19)32-35)28-24-29-25(38)37(15-23-30-33-34-31-23)26(39)36(24)13-16-7-9-18(10-8-16)17-5-3-2-4-6-17/h2-12,14,23,30-31,33-34H,13,15H2,1H3,(H,28,29,38). The molecule has 2 aromatic heterocycles. The molecule has 3 aromatic carbocycles. The summed E-state index contributed by atoms with van der Waals surface area (Å²) in [5.41, 5.74) is 14.2. The topological polar surface area (TPSA) is 135 Å². The minimum atomic E-state index is -0.688. The molecule has 12 nitrogen and oxygen atoms in total. The number of aryl methyl sites for hydroxylation is 1. The number of rotatable bonds is 7. The van der Waals surface area contributed by atoms with Gasteiger partial charge in [-0.2, -0.15) is 21.2 Å². The van der Waals surface area contributed by atoms with Crippen molar-refractivity contribution in [3.63, 3.8) is 0 Å². The third-order valence-corrected chi connectivity index (χ3v) is 6.74. The molecule has 1 saturated heterocycles. The Morgan fingerprint density at radius 2 is 1.67 bits per heavy atom. The summed E-state index contributed by atoms with van der Waals surface area (Å²) in [5.74, 6) is 0.0853. The molecular formula is C26H25ClN10O2. The van der Waals surface area contributed by atoms with E-state index in [0.717, 1.165) is 32.2 Å². The second-order valence-electron chi connectivity index (χ2n) is 9.17. The Hall–Kier alpha value is -4.33. The van der Waals surface area contributed by atoms with Crippen molar-refractivity contribution in [1.82, 2.24) is 45.8 Å². The molecule has 6 rings (SSSR count). The van der Waals surface area contributed by atoms with Gasteiger partial charge in [-0.05, 0) is 28.8 Å². The van der Waals surface area contributed by atoms with Crippen molar-refractivity contribution in [1.29, 1.82) is 0 Å². The Morgan fingerprint density at radius 3 is 2.41 bits per heavy atom. The van der Waals surface area contributed by atoms with Crippen LogP contribution in [-0.2, 0) is 20.1 Å².